The van der Waals surface area contributed by atoms with Crippen molar-refractivity contribution >= 4 is 29.4 Å². The van der Waals surface area contributed by atoms with Crippen LogP contribution in [-0.4, -0.2) is 25.7 Å². The Hall–Kier alpha value is -2.11. The van der Waals surface area contributed by atoms with E-state index < -0.39 is 0 Å². The van der Waals surface area contributed by atoms with Crippen molar-refractivity contribution in [1.82, 2.24) is 19.4 Å². The summed E-state index contributed by atoms with van der Waals surface area (Å²) in [5.41, 5.74) is 3.92. The zero-order valence-corrected chi connectivity index (χ0v) is 13.5. The van der Waals surface area contributed by atoms with Crippen LogP contribution in [0.25, 0.3) is 5.69 Å². The third-order valence-corrected chi connectivity index (χ3v) is 3.91. The fraction of sp³-hybridized carbons (Fsp3) is 0.133. The molecule has 2 aromatic heterocycles. The van der Waals surface area contributed by atoms with E-state index in [1.165, 1.54) is 12.7 Å². The van der Waals surface area contributed by atoms with E-state index in [9.17, 15) is 0 Å². The van der Waals surface area contributed by atoms with E-state index in [4.69, 9.17) is 23.2 Å². The number of halogens is 2. The third kappa shape index (κ3) is 2.77. The number of nitrogens with zero attached hydrogens (tertiary/aromatic N) is 5. The van der Waals surface area contributed by atoms with Gasteiger partial charge in [0.15, 0.2) is 0 Å². The molecule has 0 aliphatic rings. The highest BCUT2D eigenvalue weighted by molar-refractivity contribution is 6.34. The first-order valence-electron chi connectivity index (χ1n) is 6.59. The molecule has 7 heteroatoms. The number of rotatable bonds is 3. The molecule has 0 saturated carbocycles. The highest BCUT2D eigenvalue weighted by Gasteiger charge is 2.12. The van der Waals surface area contributed by atoms with Gasteiger partial charge in [0.1, 0.15) is 12.7 Å². The molecular weight excluding hydrogens is 321 g/mol. The van der Waals surface area contributed by atoms with Crippen LogP contribution < -0.4 is 0 Å². The van der Waals surface area contributed by atoms with Gasteiger partial charge in [0.05, 0.1) is 16.9 Å². The molecule has 0 bridgehead atoms. The smallest absolute Gasteiger partial charge is 0.141 e. The van der Waals surface area contributed by atoms with Crippen molar-refractivity contribution in [2.75, 3.05) is 0 Å². The molecule has 0 atom stereocenters. The van der Waals surface area contributed by atoms with Crippen LogP contribution in [0.5, 0.6) is 0 Å². The van der Waals surface area contributed by atoms with Crippen LogP contribution in [0.1, 0.15) is 17.0 Å². The lowest BCUT2D eigenvalue weighted by Crippen LogP contribution is -2.00. The summed E-state index contributed by atoms with van der Waals surface area (Å²) in [7, 11) is 0. The van der Waals surface area contributed by atoms with Gasteiger partial charge >= 0.3 is 0 Å². The minimum absolute atomic E-state index is 0.645. The summed E-state index contributed by atoms with van der Waals surface area (Å²) in [6.45, 7) is 4.03. The van der Waals surface area contributed by atoms with Gasteiger partial charge in [-0.2, -0.15) is 5.10 Å². The van der Waals surface area contributed by atoms with E-state index in [1.807, 2.05) is 26.0 Å². The lowest BCUT2D eigenvalue weighted by Gasteiger charge is -2.12. The molecule has 0 radical (unpaired) electrons. The molecule has 5 nitrogen and oxygen atoms in total. The standard InChI is InChI=1S/C15H13Cl2N5/c1-10-5-12(7-20-21-8-18-19-9-21)11(2)22(10)15-6-13(16)3-4-14(15)17/h3-9H,1-2H3/b20-7+. The van der Waals surface area contributed by atoms with E-state index in [1.54, 1.807) is 23.0 Å². The van der Waals surface area contributed by atoms with Crippen molar-refractivity contribution in [2.24, 2.45) is 5.10 Å². The van der Waals surface area contributed by atoms with Crippen LogP contribution in [0, 0.1) is 13.8 Å². The summed E-state index contributed by atoms with van der Waals surface area (Å²) < 4.78 is 3.60. The summed E-state index contributed by atoms with van der Waals surface area (Å²) in [4.78, 5) is 0. The maximum Gasteiger partial charge on any atom is 0.141 e. The van der Waals surface area contributed by atoms with Crippen LogP contribution in [0.4, 0.5) is 0 Å². The van der Waals surface area contributed by atoms with Gasteiger partial charge in [-0.15, -0.1) is 10.2 Å². The Bertz CT molecular complexity index is 834. The van der Waals surface area contributed by atoms with Crippen LogP contribution in [-0.2, 0) is 0 Å². The third-order valence-electron chi connectivity index (χ3n) is 3.36. The minimum atomic E-state index is 0.645. The molecule has 0 aliphatic carbocycles. The van der Waals surface area contributed by atoms with Crippen molar-refractivity contribution in [2.45, 2.75) is 13.8 Å². The lowest BCUT2D eigenvalue weighted by molar-refractivity contribution is 0.877. The Balaban J connectivity index is 2.05. The van der Waals surface area contributed by atoms with E-state index in [0.717, 1.165) is 22.6 Å². The Morgan fingerprint density at radius 1 is 1.09 bits per heavy atom. The maximum atomic E-state index is 6.31. The summed E-state index contributed by atoms with van der Waals surface area (Å²) >= 11 is 12.4. The van der Waals surface area contributed by atoms with Gasteiger partial charge in [-0.05, 0) is 38.1 Å². The Morgan fingerprint density at radius 3 is 2.55 bits per heavy atom. The molecule has 1 aromatic carbocycles. The first-order chi connectivity index (χ1) is 10.6. The molecule has 0 unspecified atom stereocenters. The summed E-state index contributed by atoms with van der Waals surface area (Å²) in [6, 6.07) is 7.46. The summed E-state index contributed by atoms with van der Waals surface area (Å²) in [6.07, 6.45) is 4.83. The molecule has 0 aliphatic heterocycles. The van der Waals surface area contributed by atoms with Crippen LogP contribution >= 0.6 is 23.2 Å². The van der Waals surface area contributed by atoms with E-state index in [-0.39, 0.29) is 0 Å². The highest BCUT2D eigenvalue weighted by atomic mass is 35.5. The number of benzene rings is 1. The van der Waals surface area contributed by atoms with Crippen molar-refractivity contribution in [3.05, 3.63) is 63.9 Å². The summed E-state index contributed by atoms with van der Waals surface area (Å²) in [5.74, 6) is 0. The zero-order valence-electron chi connectivity index (χ0n) is 12.0. The van der Waals surface area contributed by atoms with Gasteiger partial charge < -0.3 is 4.57 Å². The monoisotopic (exact) mass is 333 g/mol. The molecule has 3 rings (SSSR count). The quantitative estimate of drug-likeness (QED) is 0.683. The largest absolute Gasteiger partial charge is 0.316 e. The minimum Gasteiger partial charge on any atom is -0.316 e. The molecular formula is C15H13Cl2N5. The number of aromatic nitrogens is 4. The second-order valence-electron chi connectivity index (χ2n) is 4.84. The second-order valence-corrected chi connectivity index (χ2v) is 5.69. The Kier molecular flexibility index (Phi) is 4.00. The average Bonchev–Trinajstić information content (AvgIpc) is 3.08. The predicted octanol–water partition coefficient (Wildman–Crippen LogP) is 3.87. The second kappa shape index (κ2) is 5.94. The molecule has 3 aromatic rings. The molecule has 0 fully saturated rings. The van der Waals surface area contributed by atoms with Gasteiger partial charge in [-0.3, -0.25) is 0 Å². The molecule has 0 spiro atoms. The highest BCUT2D eigenvalue weighted by Crippen LogP contribution is 2.28. The van der Waals surface area contributed by atoms with E-state index in [2.05, 4.69) is 19.9 Å². The van der Waals surface area contributed by atoms with Crippen LogP contribution in [0.3, 0.4) is 0 Å². The number of hydrogen-bond acceptors (Lipinski definition) is 3. The van der Waals surface area contributed by atoms with Gasteiger partial charge in [0.25, 0.3) is 0 Å². The number of aryl methyl sites for hydroxylation is 1. The normalized spacial score (nSPS) is 11.5. The topological polar surface area (TPSA) is 48.0 Å². The van der Waals surface area contributed by atoms with Crippen LogP contribution in [0.15, 0.2) is 42.0 Å². The van der Waals surface area contributed by atoms with Crippen molar-refractivity contribution in [1.29, 1.82) is 0 Å². The van der Waals surface area contributed by atoms with Gasteiger partial charge in [0.2, 0.25) is 0 Å². The van der Waals surface area contributed by atoms with E-state index in [0.29, 0.717) is 10.0 Å². The van der Waals surface area contributed by atoms with E-state index >= 15 is 0 Å². The van der Waals surface area contributed by atoms with Gasteiger partial charge in [0, 0.05) is 22.0 Å². The van der Waals surface area contributed by atoms with Gasteiger partial charge in [-0.25, -0.2) is 4.68 Å². The average molecular weight is 334 g/mol. The first kappa shape index (κ1) is 14.8. The fourth-order valence-electron chi connectivity index (χ4n) is 2.33. The van der Waals surface area contributed by atoms with Crippen molar-refractivity contribution in [3.63, 3.8) is 0 Å². The lowest BCUT2D eigenvalue weighted by atomic mass is 10.2. The van der Waals surface area contributed by atoms with Gasteiger partial charge in [-0.1, -0.05) is 23.2 Å². The van der Waals surface area contributed by atoms with Crippen molar-refractivity contribution in [3.8, 4) is 5.69 Å². The first-order valence-corrected chi connectivity index (χ1v) is 7.35. The maximum absolute atomic E-state index is 6.31. The summed E-state index contributed by atoms with van der Waals surface area (Å²) in [5, 5.41) is 13.0. The molecule has 0 amide bonds. The molecule has 2 heterocycles. The zero-order chi connectivity index (χ0) is 15.7. The predicted molar refractivity (Wildman–Crippen MR) is 88.3 cm³/mol. The number of hydrogen-bond donors (Lipinski definition) is 0. The molecule has 112 valence electrons. The molecule has 0 saturated heterocycles. The Labute approximate surface area is 137 Å². The molecule has 22 heavy (non-hydrogen) atoms. The Morgan fingerprint density at radius 2 is 1.82 bits per heavy atom. The fourth-order valence-corrected chi connectivity index (χ4v) is 2.70. The van der Waals surface area contributed by atoms with Crippen molar-refractivity contribution < 1.29 is 0 Å². The van der Waals surface area contributed by atoms with Crippen LogP contribution in [0.2, 0.25) is 10.0 Å². The SMILES string of the molecule is Cc1cc(/C=N/n2cnnc2)c(C)n1-c1cc(Cl)ccc1Cl. The molecule has 0 N–H and O–H groups in total.